The molecule has 0 aliphatic heterocycles. The van der Waals surface area contributed by atoms with E-state index in [4.69, 9.17) is 0 Å². The summed E-state index contributed by atoms with van der Waals surface area (Å²) in [5.41, 5.74) is 3.41. The zero-order valence-corrected chi connectivity index (χ0v) is 15.1. The van der Waals surface area contributed by atoms with Crippen LogP contribution in [0.25, 0.3) is 11.1 Å². The number of pyridine rings is 1. The van der Waals surface area contributed by atoms with Crippen molar-refractivity contribution >= 4 is 11.8 Å². The van der Waals surface area contributed by atoms with Gasteiger partial charge in [-0.1, -0.05) is 48.5 Å². The number of hydrogen-bond acceptors (Lipinski definition) is 3. The van der Waals surface area contributed by atoms with Crippen LogP contribution in [0.4, 0.5) is 0 Å². The van der Waals surface area contributed by atoms with Crippen molar-refractivity contribution in [2.24, 2.45) is 0 Å². The molecule has 27 heavy (non-hydrogen) atoms. The molecule has 0 bridgehead atoms. The van der Waals surface area contributed by atoms with Crippen LogP contribution >= 0.6 is 0 Å². The lowest BCUT2D eigenvalue weighted by atomic mass is 10.0. The quantitative estimate of drug-likeness (QED) is 0.710. The minimum atomic E-state index is -0.644. The number of hydrogen-bond donors (Lipinski definition) is 2. The topological polar surface area (TPSA) is 71.1 Å². The fourth-order valence-corrected chi connectivity index (χ4v) is 2.66. The standard InChI is InChI=1S/C22H21N3O2/c1-16(21(26)24-15-17-7-6-12-23-14-17)25-22(27)20-11-5-10-19(13-20)18-8-3-2-4-9-18/h2-14,16H,15H2,1H3,(H,24,26)(H,25,27)/t16-/m0/s1. The summed E-state index contributed by atoms with van der Waals surface area (Å²) in [4.78, 5) is 28.7. The highest BCUT2D eigenvalue weighted by Crippen LogP contribution is 2.20. The van der Waals surface area contributed by atoms with E-state index in [1.807, 2.05) is 60.7 Å². The van der Waals surface area contributed by atoms with Crippen LogP contribution in [-0.4, -0.2) is 22.8 Å². The van der Waals surface area contributed by atoms with Crippen LogP contribution in [0.1, 0.15) is 22.8 Å². The van der Waals surface area contributed by atoms with Crippen molar-refractivity contribution in [3.05, 3.63) is 90.3 Å². The molecule has 3 aromatic rings. The molecule has 2 aromatic carbocycles. The molecule has 0 aliphatic rings. The minimum Gasteiger partial charge on any atom is -0.350 e. The molecule has 5 nitrogen and oxygen atoms in total. The average Bonchev–Trinajstić information content (AvgIpc) is 2.73. The number of nitrogens with zero attached hydrogens (tertiary/aromatic N) is 1. The van der Waals surface area contributed by atoms with Gasteiger partial charge in [0.25, 0.3) is 5.91 Å². The van der Waals surface area contributed by atoms with E-state index >= 15 is 0 Å². The van der Waals surface area contributed by atoms with Crippen LogP contribution in [0.2, 0.25) is 0 Å². The van der Waals surface area contributed by atoms with Gasteiger partial charge in [0.15, 0.2) is 0 Å². The van der Waals surface area contributed by atoms with E-state index in [0.29, 0.717) is 12.1 Å². The van der Waals surface area contributed by atoms with Crippen molar-refractivity contribution in [3.8, 4) is 11.1 Å². The van der Waals surface area contributed by atoms with E-state index in [1.54, 1.807) is 25.4 Å². The van der Waals surface area contributed by atoms with Crippen LogP contribution < -0.4 is 10.6 Å². The highest BCUT2D eigenvalue weighted by atomic mass is 16.2. The molecule has 3 rings (SSSR count). The zero-order chi connectivity index (χ0) is 19.1. The molecule has 136 valence electrons. The summed E-state index contributed by atoms with van der Waals surface area (Å²) in [6.45, 7) is 2.04. The summed E-state index contributed by atoms with van der Waals surface area (Å²) in [6.07, 6.45) is 3.37. The molecule has 0 unspecified atom stereocenters. The van der Waals surface area contributed by atoms with E-state index in [0.717, 1.165) is 16.7 Å². The Morgan fingerprint density at radius 3 is 2.48 bits per heavy atom. The number of amides is 2. The fourth-order valence-electron chi connectivity index (χ4n) is 2.66. The van der Waals surface area contributed by atoms with Crippen molar-refractivity contribution in [3.63, 3.8) is 0 Å². The molecule has 0 saturated heterocycles. The predicted molar refractivity (Wildman–Crippen MR) is 105 cm³/mol. The van der Waals surface area contributed by atoms with Gasteiger partial charge < -0.3 is 10.6 Å². The lowest BCUT2D eigenvalue weighted by Crippen LogP contribution is -2.44. The van der Waals surface area contributed by atoms with Gasteiger partial charge in [-0.2, -0.15) is 0 Å². The second kappa shape index (κ2) is 8.76. The van der Waals surface area contributed by atoms with E-state index in [2.05, 4.69) is 15.6 Å². The molecular weight excluding hydrogens is 338 g/mol. The van der Waals surface area contributed by atoms with E-state index in [-0.39, 0.29) is 11.8 Å². The Labute approximate surface area is 158 Å². The second-order valence-electron chi connectivity index (χ2n) is 6.22. The smallest absolute Gasteiger partial charge is 0.251 e. The van der Waals surface area contributed by atoms with Gasteiger partial charge >= 0.3 is 0 Å². The molecule has 0 fully saturated rings. The summed E-state index contributed by atoms with van der Waals surface area (Å²) in [5, 5.41) is 5.54. The van der Waals surface area contributed by atoms with Gasteiger partial charge in [0.2, 0.25) is 5.91 Å². The van der Waals surface area contributed by atoms with Crippen molar-refractivity contribution < 1.29 is 9.59 Å². The molecule has 1 heterocycles. The third-order valence-electron chi connectivity index (χ3n) is 4.16. The monoisotopic (exact) mass is 359 g/mol. The number of rotatable bonds is 6. The van der Waals surface area contributed by atoms with Crippen molar-refractivity contribution in [2.75, 3.05) is 0 Å². The van der Waals surface area contributed by atoms with Gasteiger partial charge in [-0.3, -0.25) is 14.6 Å². The fraction of sp³-hybridized carbons (Fsp3) is 0.136. The minimum absolute atomic E-state index is 0.244. The summed E-state index contributed by atoms with van der Waals surface area (Å²) >= 11 is 0. The van der Waals surface area contributed by atoms with Crippen molar-refractivity contribution in [1.29, 1.82) is 0 Å². The first-order valence-corrected chi connectivity index (χ1v) is 8.76. The van der Waals surface area contributed by atoms with Gasteiger partial charge in [0.05, 0.1) is 0 Å². The van der Waals surface area contributed by atoms with Crippen LogP contribution in [0.3, 0.4) is 0 Å². The number of benzene rings is 2. The Balaban J connectivity index is 1.60. The van der Waals surface area contributed by atoms with Crippen LogP contribution in [0, 0.1) is 0 Å². The van der Waals surface area contributed by atoms with Gasteiger partial charge in [-0.25, -0.2) is 0 Å². The van der Waals surface area contributed by atoms with Gasteiger partial charge in [-0.15, -0.1) is 0 Å². The number of nitrogens with one attached hydrogen (secondary N) is 2. The highest BCUT2D eigenvalue weighted by molar-refractivity contribution is 5.98. The average molecular weight is 359 g/mol. The van der Waals surface area contributed by atoms with Crippen LogP contribution in [-0.2, 0) is 11.3 Å². The molecular formula is C22H21N3O2. The molecule has 1 atom stereocenters. The number of carbonyl (C=O) groups is 2. The Bertz CT molecular complexity index is 911. The number of aromatic nitrogens is 1. The highest BCUT2D eigenvalue weighted by Gasteiger charge is 2.16. The maximum atomic E-state index is 12.5. The van der Waals surface area contributed by atoms with Crippen LogP contribution in [0.15, 0.2) is 79.1 Å². The maximum absolute atomic E-state index is 12.5. The third kappa shape index (κ3) is 5.01. The first kappa shape index (κ1) is 18.3. The SMILES string of the molecule is C[C@H](NC(=O)c1cccc(-c2ccccc2)c1)C(=O)NCc1cccnc1. The maximum Gasteiger partial charge on any atom is 0.251 e. The summed E-state index contributed by atoms with van der Waals surface area (Å²) < 4.78 is 0. The normalized spacial score (nSPS) is 11.4. The molecule has 0 saturated carbocycles. The molecule has 2 amide bonds. The zero-order valence-electron chi connectivity index (χ0n) is 15.1. The molecule has 2 N–H and O–H groups in total. The Kier molecular flexibility index (Phi) is 5.94. The predicted octanol–water partition coefficient (Wildman–Crippen LogP) is 3.18. The van der Waals surface area contributed by atoms with E-state index in [9.17, 15) is 9.59 Å². The van der Waals surface area contributed by atoms with E-state index in [1.165, 1.54) is 0 Å². The lowest BCUT2D eigenvalue weighted by molar-refractivity contribution is -0.122. The first-order chi connectivity index (χ1) is 13.1. The van der Waals surface area contributed by atoms with Crippen LogP contribution in [0.5, 0.6) is 0 Å². The van der Waals surface area contributed by atoms with Gasteiger partial charge in [-0.05, 0) is 41.8 Å². The Hall–Kier alpha value is -3.47. The molecule has 0 aliphatic carbocycles. The Morgan fingerprint density at radius 1 is 0.963 bits per heavy atom. The third-order valence-corrected chi connectivity index (χ3v) is 4.16. The van der Waals surface area contributed by atoms with E-state index < -0.39 is 6.04 Å². The van der Waals surface area contributed by atoms with Crippen molar-refractivity contribution in [1.82, 2.24) is 15.6 Å². The number of carbonyl (C=O) groups excluding carboxylic acids is 2. The lowest BCUT2D eigenvalue weighted by Gasteiger charge is -2.14. The molecule has 0 radical (unpaired) electrons. The second-order valence-corrected chi connectivity index (χ2v) is 6.22. The molecule has 0 spiro atoms. The summed E-state index contributed by atoms with van der Waals surface area (Å²) in [7, 11) is 0. The molecule has 1 aromatic heterocycles. The largest absolute Gasteiger partial charge is 0.350 e. The first-order valence-electron chi connectivity index (χ1n) is 8.76. The summed E-state index contributed by atoms with van der Waals surface area (Å²) in [5.74, 6) is -0.525. The summed E-state index contributed by atoms with van der Waals surface area (Å²) in [6, 6.07) is 20.2. The van der Waals surface area contributed by atoms with Crippen molar-refractivity contribution in [2.45, 2.75) is 19.5 Å². The van der Waals surface area contributed by atoms with Gasteiger partial charge in [0, 0.05) is 24.5 Å². The molecule has 5 heteroatoms. The Morgan fingerprint density at radius 2 is 1.74 bits per heavy atom. The van der Waals surface area contributed by atoms with Gasteiger partial charge in [0.1, 0.15) is 6.04 Å².